The number of nitrogens with zero attached hydrogens (tertiary/aromatic N) is 10. The Kier molecular flexibility index (Phi) is 28.5. The maximum absolute atomic E-state index is 11.4. The van der Waals surface area contributed by atoms with Crippen LogP contribution < -0.4 is 0 Å². The summed E-state index contributed by atoms with van der Waals surface area (Å²) < 4.78 is 218. The molecule has 0 aromatic carbocycles. The Balaban J connectivity index is 0. The molecule has 0 spiro atoms. The minimum Gasteiger partial charge on any atom is -0.421 e. The number of hydrogen-bond acceptors (Lipinski definition) is 20. The number of sulfonamides is 4. The van der Waals surface area contributed by atoms with Crippen LogP contribution in [0.2, 0.25) is 0 Å². The first-order valence-corrected chi connectivity index (χ1v) is 23.5. The van der Waals surface area contributed by atoms with Crippen molar-refractivity contribution in [1.29, 1.82) is 0 Å². The van der Waals surface area contributed by atoms with Crippen molar-refractivity contribution in [1.82, 2.24) is 29.9 Å². The van der Waals surface area contributed by atoms with E-state index in [-0.39, 0.29) is 40.8 Å². The van der Waals surface area contributed by atoms with E-state index in [1.807, 2.05) is 109 Å². The van der Waals surface area contributed by atoms with E-state index in [1.54, 1.807) is 24.8 Å². The molecule has 0 N–H and O–H groups in total. The fourth-order valence-electron chi connectivity index (χ4n) is 3.92. The molecule has 0 amide bonds. The standard InChI is InChI=1S/2C15H11N3.2C2F6NO4S2.2NO3.2Pd/c2*1-3-10-16-12(6-1)14-8-5-9-15(18-14)13-7-2-4-11-17-13;2*3-1(4,5)14(10,11)9-15(12,13)2(6,7)8;2*2-1(3)4;;/h2*1-11H;;;;;;/q;;4*-1;2*+2. The first-order valence-electron chi connectivity index (χ1n) is 17.7. The van der Waals surface area contributed by atoms with Gasteiger partial charge in [0.2, 0.25) is 0 Å². The van der Waals surface area contributed by atoms with Gasteiger partial charge >= 0.3 is 62.9 Å². The van der Waals surface area contributed by atoms with Gasteiger partial charge in [0.25, 0.3) is 0 Å². The summed E-state index contributed by atoms with van der Waals surface area (Å²) in [6, 6.07) is 35.0. The molecular formula is C34H22F12N10O14Pd2S4. The van der Waals surface area contributed by atoms with Crippen LogP contribution in [0.15, 0.2) is 134 Å². The van der Waals surface area contributed by atoms with Gasteiger partial charge in [0, 0.05) is 24.8 Å². The molecule has 6 aromatic rings. The van der Waals surface area contributed by atoms with Crippen molar-refractivity contribution in [3.8, 4) is 45.6 Å². The number of halogens is 12. The summed E-state index contributed by atoms with van der Waals surface area (Å²) in [5, 5.41) is 29.5. The molecule has 0 bridgehead atoms. The number of alkyl halides is 12. The van der Waals surface area contributed by atoms with Gasteiger partial charge in [-0.15, -0.1) is 0 Å². The van der Waals surface area contributed by atoms with Crippen LogP contribution in [0, 0.1) is 30.6 Å². The molecule has 6 heterocycles. The zero-order chi connectivity index (χ0) is 57.0. The first-order chi connectivity index (χ1) is 33.7. The van der Waals surface area contributed by atoms with Gasteiger partial charge in [-0.3, -0.25) is 19.9 Å². The van der Waals surface area contributed by atoms with Crippen LogP contribution in [-0.4, -0.2) is 95.8 Å². The van der Waals surface area contributed by atoms with Crippen LogP contribution in [0.25, 0.3) is 53.8 Å². The van der Waals surface area contributed by atoms with Gasteiger partial charge in [0.15, 0.2) is 40.1 Å². The Bertz CT molecular complexity index is 2810. The third-order valence-corrected chi connectivity index (χ3v) is 12.2. The predicted octanol–water partition coefficient (Wildman–Crippen LogP) is 8.05. The minimum atomic E-state index is -6.72. The smallest absolute Gasteiger partial charge is 0.421 e. The van der Waals surface area contributed by atoms with Gasteiger partial charge in [-0.1, -0.05) is 36.4 Å². The molecular weight excluding hydrogens is 1340 g/mol. The SMILES string of the molecule is O=S(=O)([N-]S(=O)(=O)C(F)(F)F)C(F)(F)F.O=S(=O)([N-]S(=O)(=O)C(F)(F)F)C(F)(F)F.O=[N+]([O-])[O-].O=[N+]([O-])[O-].[Pd+2].[Pd+2].c1ccc(-c2cccc(-c3ccccn3)n2)nc1.c1ccc(-c2cccc(-c3ccccn3)n2)nc1. The van der Waals surface area contributed by atoms with Gasteiger partial charge in [-0.2, -0.15) is 52.7 Å². The predicted molar refractivity (Wildman–Crippen MR) is 229 cm³/mol. The molecule has 42 heteroatoms. The normalized spacial score (nSPS) is 11.5. The molecule has 0 aliphatic rings. The zero-order valence-corrected chi connectivity index (χ0v) is 42.1. The van der Waals surface area contributed by atoms with Crippen molar-refractivity contribution in [2.45, 2.75) is 22.0 Å². The molecule has 0 saturated carbocycles. The van der Waals surface area contributed by atoms with Crippen molar-refractivity contribution in [2.75, 3.05) is 0 Å². The number of rotatable bonds is 8. The summed E-state index contributed by atoms with van der Waals surface area (Å²) in [7, 11) is -26.9. The molecule has 76 heavy (non-hydrogen) atoms. The minimum absolute atomic E-state index is 0. The second-order valence-corrected chi connectivity index (χ2v) is 18.8. The summed E-state index contributed by atoms with van der Waals surface area (Å²) in [6.45, 7) is 0. The van der Waals surface area contributed by atoms with E-state index in [2.05, 4.69) is 29.9 Å². The van der Waals surface area contributed by atoms with Crippen LogP contribution in [0.4, 0.5) is 52.7 Å². The molecule has 420 valence electrons. The zero-order valence-electron chi connectivity index (χ0n) is 35.7. The van der Waals surface area contributed by atoms with Crippen molar-refractivity contribution in [2.24, 2.45) is 0 Å². The van der Waals surface area contributed by atoms with Crippen molar-refractivity contribution in [3.63, 3.8) is 0 Å². The van der Waals surface area contributed by atoms with E-state index in [0.717, 1.165) is 53.8 Å². The molecule has 0 unspecified atom stereocenters. The van der Waals surface area contributed by atoms with Gasteiger partial charge in [-0.25, -0.2) is 43.6 Å². The second-order valence-electron chi connectivity index (χ2n) is 12.0. The number of pyridine rings is 6. The van der Waals surface area contributed by atoms with Crippen LogP contribution in [0.5, 0.6) is 0 Å². The van der Waals surface area contributed by atoms with E-state index in [9.17, 15) is 86.4 Å². The third kappa shape index (κ3) is 24.9. The van der Waals surface area contributed by atoms with Crippen molar-refractivity contribution in [3.05, 3.63) is 173 Å². The van der Waals surface area contributed by atoms with Crippen LogP contribution >= 0.6 is 0 Å². The Morgan fingerprint density at radius 3 is 0.618 bits per heavy atom. The Morgan fingerprint density at radius 2 is 0.487 bits per heavy atom. The Labute approximate surface area is 445 Å². The molecule has 24 nitrogen and oxygen atoms in total. The van der Waals surface area contributed by atoms with Gasteiger partial charge in [0.1, 0.15) is 0 Å². The average Bonchev–Trinajstić information content (AvgIpc) is 3.28. The summed E-state index contributed by atoms with van der Waals surface area (Å²) in [5.41, 5.74) is -17.9. The summed E-state index contributed by atoms with van der Waals surface area (Å²) >= 11 is 0. The van der Waals surface area contributed by atoms with E-state index in [1.165, 1.54) is 0 Å². The molecule has 0 aliphatic carbocycles. The summed E-state index contributed by atoms with van der Waals surface area (Å²) in [4.78, 5) is 42.9. The topological polar surface area (TPSA) is 374 Å². The number of hydrogen-bond donors (Lipinski definition) is 0. The van der Waals surface area contributed by atoms with Crippen molar-refractivity contribution < 1.29 is 137 Å². The molecule has 0 atom stereocenters. The monoisotopic (exact) mass is 1360 g/mol. The first kappa shape index (κ1) is 71.6. The summed E-state index contributed by atoms with van der Waals surface area (Å²) in [6.07, 6.45) is 7.07. The Morgan fingerprint density at radius 1 is 0.329 bits per heavy atom. The van der Waals surface area contributed by atoms with Gasteiger partial charge in [0.05, 0.1) is 55.7 Å². The molecule has 0 radical (unpaired) electrons. The third-order valence-electron chi connectivity index (χ3n) is 6.77. The van der Waals surface area contributed by atoms with Gasteiger partial charge < -0.3 is 38.9 Å². The quantitative estimate of drug-likeness (QED) is 0.0601. The van der Waals surface area contributed by atoms with Crippen LogP contribution in [-0.2, 0) is 80.9 Å². The van der Waals surface area contributed by atoms with E-state index >= 15 is 0 Å². The number of aromatic nitrogens is 6. The van der Waals surface area contributed by atoms with E-state index in [0.29, 0.717) is 0 Å². The van der Waals surface area contributed by atoms with Gasteiger partial charge in [-0.05, 0) is 72.8 Å². The maximum Gasteiger partial charge on any atom is 2.00 e. The Hall–Kier alpha value is -6.50. The van der Waals surface area contributed by atoms with Crippen molar-refractivity contribution >= 4 is 40.1 Å². The van der Waals surface area contributed by atoms with E-state index in [4.69, 9.17) is 30.6 Å². The molecule has 0 fully saturated rings. The molecule has 0 aliphatic heterocycles. The van der Waals surface area contributed by atoms with E-state index < -0.39 is 72.3 Å². The fourth-order valence-corrected chi connectivity index (χ4v) is 7.34. The molecule has 0 saturated heterocycles. The fraction of sp³-hybridized carbons (Fsp3) is 0.118. The second kappa shape index (κ2) is 30.3. The largest absolute Gasteiger partial charge is 2.00 e. The van der Waals surface area contributed by atoms with Crippen LogP contribution in [0.3, 0.4) is 0 Å². The molecule has 6 rings (SSSR count). The summed E-state index contributed by atoms with van der Waals surface area (Å²) in [5.74, 6) is 0. The average molecular weight is 1360 g/mol. The maximum atomic E-state index is 11.4. The van der Waals surface area contributed by atoms with Crippen LogP contribution in [0.1, 0.15) is 0 Å². The molecule has 6 aromatic heterocycles.